The number of rotatable bonds is 7. The van der Waals surface area contributed by atoms with Gasteiger partial charge in [-0.3, -0.25) is 9.48 Å². The normalized spacial score (nSPS) is 10.6. The van der Waals surface area contributed by atoms with Crippen LogP contribution in [-0.2, 0) is 20.2 Å². The van der Waals surface area contributed by atoms with Crippen molar-refractivity contribution in [2.75, 3.05) is 7.11 Å². The van der Waals surface area contributed by atoms with Gasteiger partial charge in [-0.1, -0.05) is 36.4 Å². The van der Waals surface area contributed by atoms with E-state index in [1.807, 2.05) is 69.4 Å². The Balaban J connectivity index is 1.65. The fourth-order valence-electron chi connectivity index (χ4n) is 3.05. The third-order valence-corrected chi connectivity index (χ3v) is 4.65. The van der Waals surface area contributed by atoms with Gasteiger partial charge in [0.15, 0.2) is 11.5 Å². The summed E-state index contributed by atoms with van der Waals surface area (Å²) in [5.41, 5.74) is 4.20. The number of hydrogen-bond acceptors (Lipinski definition) is 4. The number of methoxy groups -OCH3 is 1. The van der Waals surface area contributed by atoms with E-state index in [4.69, 9.17) is 9.47 Å². The van der Waals surface area contributed by atoms with Gasteiger partial charge in [-0.2, -0.15) is 5.10 Å². The Morgan fingerprint density at radius 1 is 1.07 bits per heavy atom. The number of aryl methyl sites for hydroxylation is 2. The molecular weight excluding hydrogens is 354 g/mol. The molecule has 3 aromatic rings. The Labute approximate surface area is 165 Å². The maximum atomic E-state index is 12.5. The maximum absolute atomic E-state index is 12.5. The molecule has 0 aliphatic heterocycles. The van der Waals surface area contributed by atoms with Gasteiger partial charge in [0.2, 0.25) is 0 Å². The molecule has 1 aromatic heterocycles. The number of ether oxygens (including phenoxy) is 2. The molecular formula is C22H25N3O3. The number of hydrogen-bond donors (Lipinski definition) is 1. The van der Waals surface area contributed by atoms with Gasteiger partial charge in [0, 0.05) is 19.3 Å². The minimum Gasteiger partial charge on any atom is -0.493 e. The van der Waals surface area contributed by atoms with Crippen molar-refractivity contribution in [3.05, 3.63) is 76.6 Å². The summed E-state index contributed by atoms with van der Waals surface area (Å²) in [5.74, 6) is 1.17. The van der Waals surface area contributed by atoms with Crippen LogP contribution in [0.1, 0.15) is 32.9 Å². The summed E-state index contributed by atoms with van der Waals surface area (Å²) in [6.07, 6.45) is 0. The Morgan fingerprint density at radius 2 is 1.82 bits per heavy atom. The summed E-state index contributed by atoms with van der Waals surface area (Å²) in [7, 11) is 3.44. The van der Waals surface area contributed by atoms with Crippen LogP contribution in [-0.4, -0.2) is 22.8 Å². The average Bonchev–Trinajstić information content (AvgIpc) is 2.97. The van der Waals surface area contributed by atoms with Crippen LogP contribution in [0.5, 0.6) is 11.5 Å². The lowest BCUT2D eigenvalue weighted by Crippen LogP contribution is -2.24. The molecule has 0 atom stereocenters. The molecule has 0 unspecified atom stereocenters. The second-order valence-corrected chi connectivity index (χ2v) is 6.61. The molecule has 28 heavy (non-hydrogen) atoms. The van der Waals surface area contributed by atoms with Crippen molar-refractivity contribution >= 4 is 5.91 Å². The molecule has 6 nitrogen and oxygen atoms in total. The molecule has 0 fully saturated rings. The van der Waals surface area contributed by atoms with E-state index >= 15 is 0 Å². The highest BCUT2D eigenvalue weighted by molar-refractivity contribution is 5.96. The fourth-order valence-corrected chi connectivity index (χ4v) is 3.05. The Bertz CT molecular complexity index is 965. The van der Waals surface area contributed by atoms with Crippen LogP contribution in [0.3, 0.4) is 0 Å². The van der Waals surface area contributed by atoms with Crippen molar-refractivity contribution in [2.24, 2.45) is 7.05 Å². The van der Waals surface area contributed by atoms with Crippen LogP contribution in [0.4, 0.5) is 0 Å². The second kappa shape index (κ2) is 8.61. The minimum atomic E-state index is -0.133. The van der Waals surface area contributed by atoms with Gasteiger partial charge in [0.05, 0.1) is 18.4 Å². The summed E-state index contributed by atoms with van der Waals surface area (Å²) in [5, 5.41) is 7.24. The first-order valence-corrected chi connectivity index (χ1v) is 9.11. The highest BCUT2D eigenvalue weighted by Crippen LogP contribution is 2.29. The van der Waals surface area contributed by atoms with E-state index in [0.29, 0.717) is 30.2 Å². The Morgan fingerprint density at radius 3 is 2.46 bits per heavy atom. The first-order valence-electron chi connectivity index (χ1n) is 9.11. The van der Waals surface area contributed by atoms with Gasteiger partial charge in [-0.25, -0.2) is 0 Å². The summed E-state index contributed by atoms with van der Waals surface area (Å²) in [6.45, 7) is 4.58. The van der Waals surface area contributed by atoms with Crippen LogP contribution in [0.2, 0.25) is 0 Å². The van der Waals surface area contributed by atoms with E-state index in [1.165, 1.54) is 0 Å². The molecule has 6 heteroatoms. The van der Waals surface area contributed by atoms with Crippen molar-refractivity contribution in [3.8, 4) is 11.5 Å². The third kappa shape index (κ3) is 4.34. The lowest BCUT2D eigenvalue weighted by molar-refractivity contribution is 0.0949. The Kier molecular flexibility index (Phi) is 5.99. The maximum Gasteiger partial charge on any atom is 0.255 e. The van der Waals surface area contributed by atoms with Crippen LogP contribution >= 0.6 is 0 Å². The highest BCUT2D eigenvalue weighted by Gasteiger charge is 2.17. The smallest absolute Gasteiger partial charge is 0.255 e. The van der Waals surface area contributed by atoms with E-state index in [1.54, 1.807) is 11.8 Å². The molecule has 0 aliphatic rings. The van der Waals surface area contributed by atoms with Crippen LogP contribution in [0, 0.1) is 13.8 Å². The monoisotopic (exact) mass is 379 g/mol. The molecule has 2 aromatic carbocycles. The fraction of sp³-hybridized carbons (Fsp3) is 0.273. The standard InChI is InChI=1S/C22H25N3O3/c1-15-21(16(2)25(3)24-15)22(26)23-13-18-10-11-19(20(12-18)27-4)28-14-17-8-6-5-7-9-17/h5-12H,13-14H2,1-4H3,(H,23,26). The highest BCUT2D eigenvalue weighted by atomic mass is 16.5. The van der Waals surface area contributed by atoms with Crippen LogP contribution in [0.15, 0.2) is 48.5 Å². The number of aromatic nitrogens is 2. The van der Waals surface area contributed by atoms with Crippen molar-refractivity contribution in [1.29, 1.82) is 0 Å². The van der Waals surface area contributed by atoms with Gasteiger partial charge < -0.3 is 14.8 Å². The number of nitrogens with zero attached hydrogens (tertiary/aromatic N) is 2. The first-order chi connectivity index (χ1) is 13.5. The number of benzene rings is 2. The van der Waals surface area contributed by atoms with Crippen LogP contribution < -0.4 is 14.8 Å². The van der Waals surface area contributed by atoms with E-state index in [-0.39, 0.29) is 5.91 Å². The SMILES string of the molecule is COc1cc(CNC(=O)c2c(C)nn(C)c2C)ccc1OCc1ccccc1. The first kappa shape index (κ1) is 19.5. The predicted molar refractivity (Wildman–Crippen MR) is 108 cm³/mol. The molecule has 0 radical (unpaired) electrons. The molecule has 0 spiro atoms. The van der Waals surface area contributed by atoms with Gasteiger partial charge in [-0.05, 0) is 37.1 Å². The van der Waals surface area contributed by atoms with E-state index in [2.05, 4.69) is 10.4 Å². The zero-order valence-electron chi connectivity index (χ0n) is 16.7. The molecule has 0 bridgehead atoms. The average molecular weight is 379 g/mol. The quantitative estimate of drug-likeness (QED) is 0.682. The molecule has 1 amide bonds. The predicted octanol–water partition coefficient (Wildman–Crippen LogP) is 3.55. The summed E-state index contributed by atoms with van der Waals surface area (Å²) in [4.78, 5) is 12.5. The summed E-state index contributed by atoms with van der Waals surface area (Å²) >= 11 is 0. The third-order valence-electron chi connectivity index (χ3n) is 4.65. The molecule has 1 heterocycles. The largest absolute Gasteiger partial charge is 0.493 e. The van der Waals surface area contributed by atoms with Crippen molar-refractivity contribution in [3.63, 3.8) is 0 Å². The van der Waals surface area contributed by atoms with E-state index in [9.17, 15) is 4.79 Å². The molecule has 0 aliphatic carbocycles. The molecule has 3 rings (SSSR count). The lowest BCUT2D eigenvalue weighted by atomic mass is 10.1. The van der Waals surface area contributed by atoms with E-state index in [0.717, 1.165) is 22.5 Å². The number of amides is 1. The van der Waals surface area contributed by atoms with Crippen molar-refractivity contribution < 1.29 is 14.3 Å². The number of carbonyl (C=O) groups is 1. The lowest BCUT2D eigenvalue weighted by Gasteiger charge is -2.13. The second-order valence-electron chi connectivity index (χ2n) is 6.61. The molecule has 0 saturated carbocycles. The van der Waals surface area contributed by atoms with Gasteiger partial charge in [-0.15, -0.1) is 0 Å². The molecule has 0 saturated heterocycles. The summed E-state index contributed by atoms with van der Waals surface area (Å²) in [6, 6.07) is 15.6. The molecule has 146 valence electrons. The van der Waals surface area contributed by atoms with Crippen molar-refractivity contribution in [2.45, 2.75) is 27.0 Å². The zero-order valence-corrected chi connectivity index (χ0v) is 16.7. The zero-order chi connectivity index (χ0) is 20.1. The number of nitrogens with one attached hydrogen (secondary N) is 1. The minimum absolute atomic E-state index is 0.133. The molecule has 1 N–H and O–H groups in total. The Hall–Kier alpha value is -3.28. The van der Waals surface area contributed by atoms with Gasteiger partial charge >= 0.3 is 0 Å². The van der Waals surface area contributed by atoms with Crippen LogP contribution in [0.25, 0.3) is 0 Å². The topological polar surface area (TPSA) is 65.4 Å². The summed E-state index contributed by atoms with van der Waals surface area (Å²) < 4.78 is 13.0. The van der Waals surface area contributed by atoms with E-state index < -0.39 is 0 Å². The van der Waals surface area contributed by atoms with Gasteiger partial charge in [0.1, 0.15) is 6.61 Å². The number of carbonyl (C=O) groups excluding carboxylic acids is 1. The van der Waals surface area contributed by atoms with Gasteiger partial charge in [0.25, 0.3) is 5.91 Å². The van der Waals surface area contributed by atoms with Crippen molar-refractivity contribution in [1.82, 2.24) is 15.1 Å².